The molecular weight excluding hydrogens is 344 g/mol. The van der Waals surface area contributed by atoms with Gasteiger partial charge in [0.1, 0.15) is 11.9 Å². The summed E-state index contributed by atoms with van der Waals surface area (Å²) in [6.07, 6.45) is 1.51. The van der Waals surface area contributed by atoms with E-state index in [9.17, 15) is 9.59 Å². The van der Waals surface area contributed by atoms with Crippen LogP contribution in [0.2, 0.25) is 5.02 Å². The Labute approximate surface area is 152 Å². The summed E-state index contributed by atoms with van der Waals surface area (Å²) < 4.78 is 11.4. The van der Waals surface area contributed by atoms with Gasteiger partial charge in [-0.05, 0) is 18.2 Å². The smallest absolute Gasteiger partial charge is 0.257 e. The summed E-state index contributed by atoms with van der Waals surface area (Å²) in [6.45, 7) is 5.18. The van der Waals surface area contributed by atoms with Crippen molar-refractivity contribution in [3.05, 3.63) is 28.8 Å². The highest BCUT2D eigenvalue weighted by Crippen LogP contribution is 2.27. The van der Waals surface area contributed by atoms with Crippen LogP contribution in [0.1, 0.15) is 30.1 Å². The Bertz CT molecular complexity index is 638. The fourth-order valence-corrected chi connectivity index (χ4v) is 3.35. The molecule has 0 spiro atoms. The molecule has 2 aliphatic heterocycles. The number of benzene rings is 1. The van der Waals surface area contributed by atoms with Crippen molar-refractivity contribution in [3.63, 3.8) is 0 Å². The van der Waals surface area contributed by atoms with Gasteiger partial charge >= 0.3 is 0 Å². The molecule has 0 aliphatic carbocycles. The zero-order valence-electron chi connectivity index (χ0n) is 14.4. The molecule has 2 amide bonds. The molecular formula is C18H23ClN2O4. The van der Waals surface area contributed by atoms with Crippen molar-refractivity contribution in [2.75, 3.05) is 39.4 Å². The zero-order chi connectivity index (χ0) is 17.8. The van der Waals surface area contributed by atoms with Crippen LogP contribution in [0.4, 0.5) is 0 Å². The number of likely N-dealkylation sites (tertiary alicyclic amines) is 1. The van der Waals surface area contributed by atoms with Gasteiger partial charge in [0.05, 0.1) is 18.8 Å². The minimum Gasteiger partial charge on any atom is -0.489 e. The monoisotopic (exact) mass is 366 g/mol. The fourth-order valence-electron chi connectivity index (χ4n) is 3.18. The van der Waals surface area contributed by atoms with Crippen LogP contribution in [0.15, 0.2) is 18.2 Å². The molecule has 0 bridgehead atoms. The lowest BCUT2D eigenvalue weighted by atomic mass is 10.1. The Hall–Kier alpha value is -1.79. The molecule has 2 aliphatic rings. The molecule has 7 heteroatoms. The molecule has 0 saturated carbocycles. The summed E-state index contributed by atoms with van der Waals surface area (Å²) in [5.41, 5.74) is 0.489. The molecule has 0 N–H and O–H groups in total. The third-order valence-electron chi connectivity index (χ3n) is 4.65. The molecule has 0 atom stereocenters. The number of hydrogen-bond acceptors (Lipinski definition) is 4. The minimum absolute atomic E-state index is 0.00647. The van der Waals surface area contributed by atoms with E-state index in [1.807, 2.05) is 4.90 Å². The molecule has 3 rings (SSSR count). The van der Waals surface area contributed by atoms with Crippen LogP contribution >= 0.6 is 11.6 Å². The van der Waals surface area contributed by atoms with Gasteiger partial charge in [0.15, 0.2) is 0 Å². The second-order valence-electron chi connectivity index (χ2n) is 6.37. The van der Waals surface area contributed by atoms with E-state index in [4.69, 9.17) is 21.1 Å². The first-order chi connectivity index (χ1) is 12.0. The quantitative estimate of drug-likeness (QED) is 0.823. The average Bonchev–Trinajstić information content (AvgIpc) is 2.64. The first-order valence-electron chi connectivity index (χ1n) is 8.63. The van der Waals surface area contributed by atoms with E-state index in [0.29, 0.717) is 55.7 Å². The first kappa shape index (κ1) is 18.0. The van der Waals surface area contributed by atoms with Crippen molar-refractivity contribution in [3.8, 4) is 5.75 Å². The topological polar surface area (TPSA) is 59.1 Å². The van der Waals surface area contributed by atoms with E-state index in [0.717, 1.165) is 12.8 Å². The first-order valence-corrected chi connectivity index (χ1v) is 9.01. The number of nitrogens with zero attached hydrogens (tertiary/aromatic N) is 2. The van der Waals surface area contributed by atoms with E-state index < -0.39 is 0 Å². The van der Waals surface area contributed by atoms with Crippen molar-refractivity contribution >= 4 is 23.4 Å². The second-order valence-corrected chi connectivity index (χ2v) is 6.80. The van der Waals surface area contributed by atoms with Gasteiger partial charge in [0.25, 0.3) is 5.91 Å². The van der Waals surface area contributed by atoms with Gasteiger partial charge in [0, 0.05) is 51.0 Å². The molecule has 6 nitrogen and oxygen atoms in total. The van der Waals surface area contributed by atoms with E-state index in [-0.39, 0.29) is 17.9 Å². The lowest BCUT2D eigenvalue weighted by molar-refractivity contribution is -0.130. The number of ether oxygens (including phenoxy) is 2. The molecule has 0 aromatic heterocycles. The third kappa shape index (κ3) is 4.44. The van der Waals surface area contributed by atoms with Gasteiger partial charge < -0.3 is 19.3 Å². The Morgan fingerprint density at radius 3 is 2.44 bits per heavy atom. The normalized spacial score (nSPS) is 19.0. The highest BCUT2D eigenvalue weighted by molar-refractivity contribution is 6.31. The van der Waals surface area contributed by atoms with Gasteiger partial charge in [-0.15, -0.1) is 0 Å². The SMILES string of the molecule is CC(=O)N1CCC(Oc2ccc(Cl)cc2C(=O)N2CCOCC2)CC1. The largest absolute Gasteiger partial charge is 0.489 e. The van der Waals surface area contributed by atoms with Crippen LogP contribution in [0.25, 0.3) is 0 Å². The zero-order valence-corrected chi connectivity index (χ0v) is 15.1. The third-order valence-corrected chi connectivity index (χ3v) is 4.89. The van der Waals surface area contributed by atoms with Crippen molar-refractivity contribution in [1.29, 1.82) is 0 Å². The predicted octanol–water partition coefficient (Wildman–Crippen LogP) is 2.20. The summed E-state index contributed by atoms with van der Waals surface area (Å²) in [5, 5.41) is 0.510. The van der Waals surface area contributed by atoms with E-state index >= 15 is 0 Å². The lowest BCUT2D eigenvalue weighted by Crippen LogP contribution is -2.42. The maximum Gasteiger partial charge on any atom is 0.257 e. The molecule has 1 aromatic rings. The Kier molecular flexibility index (Phi) is 5.81. The summed E-state index contributed by atoms with van der Waals surface area (Å²) >= 11 is 6.10. The van der Waals surface area contributed by atoms with Crippen LogP contribution in [0, 0.1) is 0 Å². The van der Waals surface area contributed by atoms with Crippen molar-refractivity contribution in [2.24, 2.45) is 0 Å². The van der Waals surface area contributed by atoms with Gasteiger partial charge in [0.2, 0.25) is 5.91 Å². The number of morpholine rings is 1. The molecule has 1 aromatic carbocycles. The summed E-state index contributed by atoms with van der Waals surface area (Å²) in [7, 11) is 0. The van der Waals surface area contributed by atoms with Crippen LogP contribution in [0.3, 0.4) is 0 Å². The number of carbonyl (C=O) groups is 2. The maximum atomic E-state index is 12.8. The summed E-state index contributed by atoms with van der Waals surface area (Å²) in [4.78, 5) is 27.8. The Morgan fingerprint density at radius 2 is 1.80 bits per heavy atom. The summed E-state index contributed by atoms with van der Waals surface area (Å²) in [5.74, 6) is 0.567. The van der Waals surface area contributed by atoms with Crippen LogP contribution < -0.4 is 4.74 Å². The second kappa shape index (κ2) is 8.06. The molecule has 25 heavy (non-hydrogen) atoms. The van der Waals surface area contributed by atoms with Crippen molar-refractivity contribution in [2.45, 2.75) is 25.9 Å². The number of rotatable bonds is 3. The van der Waals surface area contributed by atoms with Gasteiger partial charge in [-0.25, -0.2) is 0 Å². The van der Waals surface area contributed by atoms with Gasteiger partial charge in [-0.1, -0.05) is 11.6 Å². The predicted molar refractivity (Wildman–Crippen MR) is 94.1 cm³/mol. The fraction of sp³-hybridized carbons (Fsp3) is 0.556. The average molecular weight is 367 g/mol. The minimum atomic E-state index is -0.0815. The van der Waals surface area contributed by atoms with Crippen molar-refractivity contribution < 1.29 is 19.1 Å². The number of hydrogen-bond donors (Lipinski definition) is 0. The molecule has 0 unspecified atom stereocenters. The van der Waals surface area contributed by atoms with Gasteiger partial charge in [-0.3, -0.25) is 9.59 Å². The molecule has 2 saturated heterocycles. The maximum absolute atomic E-state index is 12.8. The number of halogens is 1. The molecule has 0 radical (unpaired) electrons. The van der Waals surface area contributed by atoms with Crippen molar-refractivity contribution in [1.82, 2.24) is 9.80 Å². The molecule has 2 fully saturated rings. The van der Waals surface area contributed by atoms with Crippen LogP contribution in [0.5, 0.6) is 5.75 Å². The highest BCUT2D eigenvalue weighted by Gasteiger charge is 2.26. The standard InChI is InChI=1S/C18H23ClN2O4/c1-13(22)20-6-4-15(5-7-20)25-17-3-2-14(19)12-16(17)18(23)21-8-10-24-11-9-21/h2-3,12,15H,4-11H2,1H3. The number of carbonyl (C=O) groups excluding carboxylic acids is 2. The van der Waals surface area contributed by atoms with Gasteiger partial charge in [-0.2, -0.15) is 0 Å². The Balaban J connectivity index is 1.71. The highest BCUT2D eigenvalue weighted by atomic mass is 35.5. The number of amides is 2. The van der Waals surface area contributed by atoms with E-state index in [1.165, 1.54) is 0 Å². The molecule has 2 heterocycles. The Morgan fingerprint density at radius 1 is 1.12 bits per heavy atom. The molecule has 136 valence electrons. The van der Waals surface area contributed by atoms with E-state index in [1.54, 1.807) is 30.0 Å². The van der Waals surface area contributed by atoms with Crippen LogP contribution in [-0.2, 0) is 9.53 Å². The van der Waals surface area contributed by atoms with Crippen LogP contribution in [-0.4, -0.2) is 67.1 Å². The summed E-state index contributed by atoms with van der Waals surface area (Å²) in [6, 6.07) is 5.16. The van der Waals surface area contributed by atoms with E-state index in [2.05, 4.69) is 0 Å². The number of piperidine rings is 1. The lowest BCUT2D eigenvalue weighted by Gasteiger charge is -2.32.